The largest absolute Gasteiger partial charge is 0.475 e. The van der Waals surface area contributed by atoms with Gasteiger partial charge in [-0.1, -0.05) is 42.5 Å². The first-order valence-electron chi connectivity index (χ1n) is 10.2. The number of H-pyrrole nitrogens is 2. The quantitative estimate of drug-likeness (QED) is 0.252. The molecule has 5 rings (SSSR count). The minimum absolute atomic E-state index is 0.0865. The number of fused-ring (bicyclic) bond motifs is 1. The summed E-state index contributed by atoms with van der Waals surface area (Å²) in [4.78, 5) is 30.5. The van der Waals surface area contributed by atoms with Gasteiger partial charge < -0.3 is 14.8 Å². The minimum Gasteiger partial charge on any atom is -0.475 e. The molecule has 2 heterocycles. The molecule has 0 saturated carbocycles. The van der Waals surface area contributed by atoms with E-state index in [0.717, 1.165) is 17.0 Å². The summed E-state index contributed by atoms with van der Waals surface area (Å²) < 4.78 is 5.98. The third-order valence-electron chi connectivity index (χ3n) is 5.17. The molecule has 162 valence electrons. The normalized spacial score (nSPS) is 10.9. The van der Waals surface area contributed by atoms with E-state index in [2.05, 4.69) is 20.2 Å². The van der Waals surface area contributed by atoms with E-state index in [1.54, 1.807) is 24.3 Å². The van der Waals surface area contributed by atoms with Gasteiger partial charge in [-0.05, 0) is 35.9 Å². The monoisotopic (exact) mass is 438 g/mol. The Kier molecular flexibility index (Phi) is 5.16. The fourth-order valence-electron chi connectivity index (χ4n) is 3.59. The number of aromatic amines is 2. The van der Waals surface area contributed by atoms with Crippen molar-refractivity contribution in [2.24, 2.45) is 0 Å². The Balaban J connectivity index is 1.38. The number of ketones is 1. The number of benzene rings is 3. The van der Waals surface area contributed by atoms with Crippen molar-refractivity contribution in [1.29, 1.82) is 0 Å². The van der Waals surface area contributed by atoms with E-state index in [9.17, 15) is 9.59 Å². The van der Waals surface area contributed by atoms with Crippen LogP contribution in [-0.2, 0) is 11.2 Å². The van der Waals surface area contributed by atoms with Crippen LogP contribution in [0.25, 0.3) is 22.3 Å². The predicted molar refractivity (Wildman–Crippen MR) is 121 cm³/mol. The van der Waals surface area contributed by atoms with Gasteiger partial charge in [0.2, 0.25) is 0 Å². The average molecular weight is 438 g/mol. The number of aliphatic carboxylic acids is 1. The number of carboxylic acid groups (broad SMARTS) is 1. The first-order chi connectivity index (χ1) is 16.1. The van der Waals surface area contributed by atoms with Crippen molar-refractivity contribution in [3.63, 3.8) is 0 Å². The fourth-order valence-corrected chi connectivity index (χ4v) is 3.59. The molecule has 0 saturated heterocycles. The predicted octanol–water partition coefficient (Wildman–Crippen LogP) is 4.60. The van der Waals surface area contributed by atoms with E-state index in [1.807, 2.05) is 48.5 Å². The molecule has 33 heavy (non-hydrogen) atoms. The molecule has 2 aromatic heterocycles. The number of rotatable bonds is 7. The standard InChI is InChI=1S/C25H18N4O4/c30-23(25(31)32)20-14-26-21-10-9-18(13-19(20)21)33-17-8-4-7-16(12-17)24-27-22(28-29-24)11-15-5-2-1-3-6-15/h1-10,12-14,26H,11H2,(H,31,32)(H,27,28,29). The molecule has 3 N–H and O–H groups in total. The molecular weight excluding hydrogens is 420 g/mol. The smallest absolute Gasteiger partial charge is 0.377 e. The summed E-state index contributed by atoms with van der Waals surface area (Å²) in [5, 5.41) is 16.8. The molecule has 8 heteroatoms. The molecular formula is C25H18N4O4. The van der Waals surface area contributed by atoms with Gasteiger partial charge in [-0.25, -0.2) is 9.78 Å². The number of ether oxygens (including phenoxy) is 1. The van der Waals surface area contributed by atoms with Gasteiger partial charge in [0.05, 0.1) is 5.56 Å². The van der Waals surface area contributed by atoms with Crippen LogP contribution in [0, 0.1) is 0 Å². The number of nitrogens with one attached hydrogen (secondary N) is 2. The Bertz CT molecular complexity index is 1470. The van der Waals surface area contributed by atoms with E-state index in [0.29, 0.717) is 34.6 Å². The van der Waals surface area contributed by atoms with Crippen LogP contribution in [0.3, 0.4) is 0 Å². The number of nitrogens with zero attached hydrogens (tertiary/aromatic N) is 2. The maximum absolute atomic E-state index is 11.9. The van der Waals surface area contributed by atoms with Crippen molar-refractivity contribution in [3.05, 3.63) is 95.9 Å². The zero-order valence-electron chi connectivity index (χ0n) is 17.3. The van der Waals surface area contributed by atoms with E-state index in [1.165, 1.54) is 6.20 Å². The van der Waals surface area contributed by atoms with Gasteiger partial charge in [0.25, 0.3) is 5.78 Å². The summed E-state index contributed by atoms with van der Waals surface area (Å²) in [6.45, 7) is 0. The number of hydrogen-bond acceptors (Lipinski definition) is 5. The highest BCUT2D eigenvalue weighted by Gasteiger charge is 2.19. The Morgan fingerprint density at radius 3 is 2.58 bits per heavy atom. The highest BCUT2D eigenvalue weighted by Crippen LogP contribution is 2.29. The number of aromatic nitrogens is 4. The Hall–Kier alpha value is -4.72. The van der Waals surface area contributed by atoms with Crippen molar-refractivity contribution < 1.29 is 19.4 Å². The molecule has 0 radical (unpaired) electrons. The third kappa shape index (κ3) is 4.22. The summed E-state index contributed by atoms with van der Waals surface area (Å²) in [6.07, 6.45) is 2.04. The molecule has 5 aromatic rings. The lowest BCUT2D eigenvalue weighted by Gasteiger charge is -2.07. The third-order valence-corrected chi connectivity index (χ3v) is 5.17. The van der Waals surface area contributed by atoms with Gasteiger partial charge in [-0.2, -0.15) is 5.10 Å². The van der Waals surface area contributed by atoms with Gasteiger partial charge in [-0.3, -0.25) is 9.89 Å². The van der Waals surface area contributed by atoms with E-state index in [4.69, 9.17) is 9.84 Å². The van der Waals surface area contributed by atoms with Crippen LogP contribution >= 0.6 is 0 Å². The van der Waals surface area contributed by atoms with Crippen molar-refractivity contribution in [3.8, 4) is 22.9 Å². The van der Waals surface area contributed by atoms with Crippen LogP contribution in [0.15, 0.2) is 79.0 Å². The summed E-state index contributed by atoms with van der Waals surface area (Å²) in [5.41, 5.74) is 2.65. The molecule has 0 amide bonds. The van der Waals surface area contributed by atoms with Crippen LogP contribution in [0.4, 0.5) is 0 Å². The van der Waals surface area contributed by atoms with E-state index < -0.39 is 11.8 Å². The maximum Gasteiger partial charge on any atom is 0.377 e. The highest BCUT2D eigenvalue weighted by atomic mass is 16.5. The number of carbonyl (C=O) groups excluding carboxylic acids is 1. The first-order valence-corrected chi connectivity index (χ1v) is 10.2. The summed E-state index contributed by atoms with van der Waals surface area (Å²) >= 11 is 0. The Morgan fingerprint density at radius 2 is 1.76 bits per heavy atom. The van der Waals surface area contributed by atoms with Crippen molar-refractivity contribution in [2.45, 2.75) is 6.42 Å². The van der Waals surface area contributed by atoms with E-state index >= 15 is 0 Å². The number of Topliss-reactive ketones (excluding diaryl/α,β-unsaturated/α-hetero) is 1. The van der Waals surface area contributed by atoms with Crippen molar-refractivity contribution >= 4 is 22.7 Å². The van der Waals surface area contributed by atoms with Crippen molar-refractivity contribution in [2.75, 3.05) is 0 Å². The van der Waals surface area contributed by atoms with Gasteiger partial charge >= 0.3 is 5.97 Å². The molecule has 3 aromatic carbocycles. The SMILES string of the molecule is O=C(O)C(=O)c1c[nH]c2ccc(Oc3cccc(-c4n[nH]c(Cc5ccccc5)n4)c3)cc12. The van der Waals surface area contributed by atoms with Crippen LogP contribution in [0.5, 0.6) is 11.5 Å². The average Bonchev–Trinajstić information content (AvgIpc) is 3.46. The molecule has 0 fully saturated rings. The van der Waals surface area contributed by atoms with Crippen LogP contribution in [0.2, 0.25) is 0 Å². The fraction of sp³-hybridized carbons (Fsp3) is 0.0400. The molecule has 0 aliphatic rings. The number of carboxylic acids is 1. The second-order valence-electron chi connectivity index (χ2n) is 7.44. The van der Waals surface area contributed by atoms with Crippen LogP contribution in [-0.4, -0.2) is 37.0 Å². The first kappa shape index (κ1) is 20.2. The van der Waals surface area contributed by atoms with Gasteiger partial charge in [-0.15, -0.1) is 0 Å². The molecule has 0 atom stereocenters. The molecule has 0 aliphatic carbocycles. The molecule has 8 nitrogen and oxygen atoms in total. The second kappa shape index (κ2) is 8.43. The maximum atomic E-state index is 11.9. The minimum atomic E-state index is -1.51. The number of hydrogen-bond donors (Lipinski definition) is 3. The summed E-state index contributed by atoms with van der Waals surface area (Å²) in [7, 11) is 0. The lowest BCUT2D eigenvalue weighted by atomic mass is 10.1. The zero-order chi connectivity index (χ0) is 22.8. The zero-order valence-corrected chi connectivity index (χ0v) is 17.3. The highest BCUT2D eigenvalue weighted by molar-refractivity contribution is 6.42. The lowest BCUT2D eigenvalue weighted by Crippen LogP contribution is -2.11. The molecule has 0 spiro atoms. The molecule has 0 unspecified atom stereocenters. The second-order valence-corrected chi connectivity index (χ2v) is 7.44. The van der Waals surface area contributed by atoms with Gasteiger partial charge in [0.15, 0.2) is 5.82 Å². The Morgan fingerprint density at radius 1 is 0.939 bits per heavy atom. The van der Waals surface area contributed by atoms with Crippen molar-refractivity contribution in [1.82, 2.24) is 20.2 Å². The topological polar surface area (TPSA) is 121 Å². The van der Waals surface area contributed by atoms with Crippen LogP contribution in [0.1, 0.15) is 21.7 Å². The Labute approximate surface area is 187 Å². The van der Waals surface area contributed by atoms with Gasteiger partial charge in [0, 0.05) is 29.1 Å². The van der Waals surface area contributed by atoms with Gasteiger partial charge in [0.1, 0.15) is 17.3 Å². The number of carbonyl (C=O) groups is 2. The van der Waals surface area contributed by atoms with Crippen LogP contribution < -0.4 is 4.74 Å². The molecule has 0 bridgehead atoms. The summed E-state index contributed by atoms with van der Waals surface area (Å²) in [6, 6.07) is 22.5. The lowest BCUT2D eigenvalue weighted by molar-refractivity contribution is -0.131. The van der Waals surface area contributed by atoms with E-state index in [-0.39, 0.29) is 5.56 Å². The summed E-state index contributed by atoms with van der Waals surface area (Å²) in [5.74, 6) is -0.136. The molecule has 0 aliphatic heterocycles.